The van der Waals surface area contributed by atoms with Gasteiger partial charge in [-0.2, -0.15) is 0 Å². The molecule has 20 heavy (non-hydrogen) atoms. The monoisotopic (exact) mass is 297 g/mol. The van der Waals surface area contributed by atoms with Crippen LogP contribution < -0.4 is 10.6 Å². The van der Waals surface area contributed by atoms with Crippen molar-refractivity contribution in [3.63, 3.8) is 0 Å². The summed E-state index contributed by atoms with van der Waals surface area (Å²) in [5, 5.41) is 6.30. The fourth-order valence-corrected chi connectivity index (χ4v) is 2.44. The lowest BCUT2D eigenvalue weighted by Gasteiger charge is -2.12. The number of rotatable bonds is 6. The molecule has 0 radical (unpaired) electrons. The van der Waals surface area contributed by atoms with Gasteiger partial charge >= 0.3 is 0 Å². The zero-order valence-electron chi connectivity index (χ0n) is 12.3. The third-order valence-corrected chi connectivity index (χ3v) is 3.78. The van der Waals surface area contributed by atoms with Gasteiger partial charge in [0.05, 0.1) is 5.75 Å². The van der Waals surface area contributed by atoms with Crippen LogP contribution in [0.2, 0.25) is 0 Å². The molecule has 0 heterocycles. The third kappa shape index (κ3) is 7.13. The molecular formula is C14H23N3O2S. The molecule has 0 atom stereocenters. The number of sulfone groups is 1. The lowest BCUT2D eigenvalue weighted by Crippen LogP contribution is -2.37. The van der Waals surface area contributed by atoms with Gasteiger partial charge in [0.15, 0.2) is 5.96 Å². The summed E-state index contributed by atoms with van der Waals surface area (Å²) in [6, 6.07) is 8.25. The van der Waals surface area contributed by atoms with E-state index in [2.05, 4.69) is 40.7 Å². The Balaban J connectivity index is 2.33. The quantitative estimate of drug-likeness (QED) is 0.468. The maximum absolute atomic E-state index is 11.0. The van der Waals surface area contributed by atoms with E-state index in [1.807, 2.05) is 6.07 Å². The van der Waals surface area contributed by atoms with Crippen molar-refractivity contribution >= 4 is 15.8 Å². The summed E-state index contributed by atoms with van der Waals surface area (Å²) in [5.74, 6) is 0.870. The standard InChI is InChI=1S/C14H23N3O2S/c1-12-6-4-7-13(10-12)11-17-14(15-2)16-8-5-9-20(3,18)19/h4,6-7,10H,5,8-9,11H2,1-3H3,(H2,15,16,17). The number of guanidine groups is 1. The minimum absolute atomic E-state index is 0.189. The number of aliphatic imine (C=N–C) groups is 1. The molecule has 0 aliphatic rings. The van der Waals surface area contributed by atoms with E-state index in [-0.39, 0.29) is 5.75 Å². The van der Waals surface area contributed by atoms with Crippen LogP contribution in [0.25, 0.3) is 0 Å². The van der Waals surface area contributed by atoms with Crippen LogP contribution in [0, 0.1) is 6.92 Å². The highest BCUT2D eigenvalue weighted by molar-refractivity contribution is 7.90. The second-order valence-corrected chi connectivity index (χ2v) is 7.08. The van der Waals surface area contributed by atoms with Crippen LogP contribution in [0.1, 0.15) is 17.5 Å². The fourth-order valence-electron chi connectivity index (χ4n) is 1.77. The number of aryl methyl sites for hydroxylation is 1. The van der Waals surface area contributed by atoms with Crippen LogP contribution in [0.3, 0.4) is 0 Å². The summed E-state index contributed by atoms with van der Waals surface area (Å²) in [6.07, 6.45) is 1.82. The van der Waals surface area contributed by atoms with Gasteiger partial charge in [0.1, 0.15) is 9.84 Å². The van der Waals surface area contributed by atoms with Crippen LogP contribution in [0.4, 0.5) is 0 Å². The number of nitrogens with one attached hydrogen (secondary N) is 2. The highest BCUT2D eigenvalue weighted by Gasteiger charge is 2.02. The Kier molecular flexibility index (Phi) is 6.51. The Morgan fingerprint density at radius 1 is 1.30 bits per heavy atom. The Morgan fingerprint density at radius 3 is 2.65 bits per heavy atom. The summed E-state index contributed by atoms with van der Waals surface area (Å²) < 4.78 is 22.0. The molecule has 0 unspecified atom stereocenters. The van der Waals surface area contributed by atoms with E-state index in [0.717, 1.165) is 0 Å². The summed E-state index contributed by atoms with van der Waals surface area (Å²) >= 11 is 0. The van der Waals surface area contributed by atoms with Crippen molar-refractivity contribution in [2.75, 3.05) is 25.6 Å². The van der Waals surface area contributed by atoms with Crippen molar-refractivity contribution in [2.45, 2.75) is 19.9 Å². The van der Waals surface area contributed by atoms with Crippen molar-refractivity contribution < 1.29 is 8.42 Å². The van der Waals surface area contributed by atoms with Crippen molar-refractivity contribution in [1.29, 1.82) is 0 Å². The van der Waals surface area contributed by atoms with Gasteiger partial charge in [-0.1, -0.05) is 29.8 Å². The maximum Gasteiger partial charge on any atom is 0.191 e. The molecule has 112 valence electrons. The number of benzene rings is 1. The zero-order chi connectivity index (χ0) is 15.0. The minimum Gasteiger partial charge on any atom is -0.356 e. The minimum atomic E-state index is -2.89. The first kappa shape index (κ1) is 16.5. The van der Waals surface area contributed by atoms with Crippen LogP contribution in [-0.4, -0.2) is 40.0 Å². The molecule has 0 bridgehead atoms. The summed E-state index contributed by atoms with van der Waals surface area (Å²) in [6.45, 7) is 3.33. The SMILES string of the molecule is CN=C(NCCCS(C)(=O)=O)NCc1cccc(C)c1. The molecule has 0 amide bonds. The number of hydrogen-bond donors (Lipinski definition) is 2. The average Bonchev–Trinajstić information content (AvgIpc) is 2.37. The fraction of sp³-hybridized carbons (Fsp3) is 0.500. The molecule has 0 aromatic heterocycles. The Hall–Kier alpha value is -1.56. The summed E-state index contributed by atoms with van der Waals surface area (Å²) in [7, 11) is -1.19. The Bertz CT molecular complexity index is 553. The summed E-state index contributed by atoms with van der Waals surface area (Å²) in [4.78, 5) is 4.10. The molecule has 0 aliphatic carbocycles. The van der Waals surface area contributed by atoms with E-state index >= 15 is 0 Å². The van der Waals surface area contributed by atoms with E-state index in [4.69, 9.17) is 0 Å². The van der Waals surface area contributed by atoms with Crippen LogP contribution >= 0.6 is 0 Å². The van der Waals surface area contributed by atoms with Gasteiger partial charge in [0.2, 0.25) is 0 Å². The molecule has 1 aromatic carbocycles. The van der Waals surface area contributed by atoms with Gasteiger partial charge in [0.25, 0.3) is 0 Å². The lowest BCUT2D eigenvalue weighted by atomic mass is 10.1. The highest BCUT2D eigenvalue weighted by Crippen LogP contribution is 2.02. The average molecular weight is 297 g/mol. The smallest absolute Gasteiger partial charge is 0.191 e. The second-order valence-electron chi connectivity index (χ2n) is 4.83. The molecule has 0 saturated carbocycles. The van der Waals surface area contributed by atoms with E-state index in [0.29, 0.717) is 25.5 Å². The van der Waals surface area contributed by atoms with Gasteiger partial charge < -0.3 is 10.6 Å². The molecule has 0 fully saturated rings. The van der Waals surface area contributed by atoms with Gasteiger partial charge in [-0.25, -0.2) is 8.42 Å². The second kappa shape index (κ2) is 7.89. The zero-order valence-corrected chi connectivity index (χ0v) is 13.1. The summed E-state index contributed by atoms with van der Waals surface area (Å²) in [5.41, 5.74) is 2.41. The Morgan fingerprint density at radius 2 is 2.05 bits per heavy atom. The van der Waals surface area contributed by atoms with Crippen molar-refractivity contribution in [3.05, 3.63) is 35.4 Å². The van der Waals surface area contributed by atoms with Crippen LogP contribution in [-0.2, 0) is 16.4 Å². The predicted molar refractivity (Wildman–Crippen MR) is 83.7 cm³/mol. The molecule has 1 rings (SSSR count). The lowest BCUT2D eigenvalue weighted by molar-refractivity contribution is 0.598. The van der Waals surface area contributed by atoms with E-state index < -0.39 is 9.84 Å². The maximum atomic E-state index is 11.0. The van der Waals surface area contributed by atoms with Gasteiger partial charge in [0, 0.05) is 26.4 Å². The molecule has 2 N–H and O–H groups in total. The molecule has 0 spiro atoms. The molecule has 0 saturated heterocycles. The first-order valence-corrected chi connectivity index (χ1v) is 8.64. The van der Waals surface area contributed by atoms with Crippen LogP contribution in [0.15, 0.2) is 29.3 Å². The third-order valence-electron chi connectivity index (χ3n) is 2.75. The Labute approximate surface area is 121 Å². The molecule has 1 aromatic rings. The number of nitrogens with zero attached hydrogens (tertiary/aromatic N) is 1. The van der Waals surface area contributed by atoms with Gasteiger partial charge in [-0.3, -0.25) is 4.99 Å². The van der Waals surface area contributed by atoms with Gasteiger partial charge in [-0.05, 0) is 18.9 Å². The van der Waals surface area contributed by atoms with E-state index in [1.165, 1.54) is 17.4 Å². The van der Waals surface area contributed by atoms with Crippen molar-refractivity contribution in [3.8, 4) is 0 Å². The molecule has 0 aliphatic heterocycles. The molecular weight excluding hydrogens is 274 g/mol. The van der Waals surface area contributed by atoms with Crippen LogP contribution in [0.5, 0.6) is 0 Å². The first-order valence-electron chi connectivity index (χ1n) is 6.58. The van der Waals surface area contributed by atoms with Crippen molar-refractivity contribution in [2.24, 2.45) is 4.99 Å². The predicted octanol–water partition coefficient (Wildman–Crippen LogP) is 1.09. The molecule has 6 heteroatoms. The first-order chi connectivity index (χ1) is 9.40. The highest BCUT2D eigenvalue weighted by atomic mass is 32.2. The number of hydrogen-bond acceptors (Lipinski definition) is 3. The van der Waals surface area contributed by atoms with Gasteiger partial charge in [-0.15, -0.1) is 0 Å². The van der Waals surface area contributed by atoms with E-state index in [1.54, 1.807) is 7.05 Å². The molecule has 5 nitrogen and oxygen atoms in total. The topological polar surface area (TPSA) is 70.6 Å². The largest absolute Gasteiger partial charge is 0.356 e. The van der Waals surface area contributed by atoms with Crippen molar-refractivity contribution in [1.82, 2.24) is 10.6 Å². The van der Waals surface area contributed by atoms with E-state index in [9.17, 15) is 8.42 Å². The normalized spacial score (nSPS) is 12.2.